The third-order valence-electron chi connectivity index (χ3n) is 2.77. The lowest BCUT2D eigenvalue weighted by molar-refractivity contribution is -0.274. The molecule has 0 unspecified atom stereocenters. The average Bonchev–Trinajstić information content (AvgIpc) is 2.43. The molecular weight excluding hydrogens is 313 g/mol. The quantitative estimate of drug-likeness (QED) is 0.806. The van der Waals surface area contributed by atoms with Crippen LogP contribution in [0.2, 0.25) is 0 Å². The highest BCUT2D eigenvalue weighted by molar-refractivity contribution is 5.94. The summed E-state index contributed by atoms with van der Waals surface area (Å²) < 4.78 is 39.7. The van der Waals surface area contributed by atoms with Crippen molar-refractivity contribution >= 4 is 17.5 Å². The van der Waals surface area contributed by atoms with Crippen molar-refractivity contribution in [3.63, 3.8) is 0 Å². The van der Waals surface area contributed by atoms with E-state index in [4.69, 9.17) is 0 Å². The number of rotatable bonds is 7. The second kappa shape index (κ2) is 8.40. The fourth-order valence-electron chi connectivity index (χ4n) is 1.63. The molecule has 0 radical (unpaired) electrons. The molecule has 1 aromatic rings. The number of hydrogen-bond acceptors (Lipinski definition) is 3. The summed E-state index contributed by atoms with van der Waals surface area (Å²) in [6.45, 7) is 3.79. The maximum absolute atomic E-state index is 12.0. The molecule has 0 saturated carbocycles. The number of carbonyl (C=O) groups is 2. The first-order valence-corrected chi connectivity index (χ1v) is 7.08. The van der Waals surface area contributed by atoms with Gasteiger partial charge in [0.2, 0.25) is 11.8 Å². The second-order valence-electron chi connectivity index (χ2n) is 5.33. The number of hydrogen-bond donors (Lipinski definition) is 2. The van der Waals surface area contributed by atoms with Crippen LogP contribution in [0.4, 0.5) is 18.9 Å². The van der Waals surface area contributed by atoms with Crippen LogP contribution in [0.25, 0.3) is 0 Å². The van der Waals surface area contributed by atoms with Gasteiger partial charge in [-0.1, -0.05) is 13.8 Å². The minimum absolute atomic E-state index is 0.197. The van der Waals surface area contributed by atoms with Crippen molar-refractivity contribution in [1.29, 1.82) is 0 Å². The summed E-state index contributed by atoms with van der Waals surface area (Å²) >= 11 is 0. The molecule has 0 atom stereocenters. The number of halogens is 3. The van der Waals surface area contributed by atoms with E-state index in [-0.39, 0.29) is 18.2 Å². The van der Waals surface area contributed by atoms with Crippen molar-refractivity contribution in [2.24, 2.45) is 5.92 Å². The number of benzene rings is 1. The Hall–Kier alpha value is -2.25. The van der Waals surface area contributed by atoms with Crippen molar-refractivity contribution in [3.8, 4) is 5.75 Å². The molecule has 8 heteroatoms. The van der Waals surface area contributed by atoms with Gasteiger partial charge in [-0.3, -0.25) is 9.59 Å². The summed E-state index contributed by atoms with van der Waals surface area (Å²) in [7, 11) is 0. The molecule has 0 fully saturated rings. The third kappa shape index (κ3) is 8.70. The van der Waals surface area contributed by atoms with E-state index in [9.17, 15) is 22.8 Å². The summed E-state index contributed by atoms with van der Waals surface area (Å²) in [6.07, 6.45) is -3.69. The number of alkyl halides is 3. The van der Waals surface area contributed by atoms with Crippen LogP contribution in [0.3, 0.4) is 0 Å². The van der Waals surface area contributed by atoms with Crippen LogP contribution in [0.1, 0.15) is 26.7 Å². The van der Waals surface area contributed by atoms with Crippen molar-refractivity contribution in [1.82, 2.24) is 5.32 Å². The number of ether oxygens (including phenoxy) is 1. The number of nitrogens with one attached hydrogen (secondary N) is 2. The van der Waals surface area contributed by atoms with Gasteiger partial charge in [-0.25, -0.2) is 0 Å². The minimum Gasteiger partial charge on any atom is -0.406 e. The first kappa shape index (κ1) is 18.8. The zero-order valence-electron chi connectivity index (χ0n) is 12.9. The van der Waals surface area contributed by atoms with Crippen LogP contribution >= 0.6 is 0 Å². The summed E-state index contributed by atoms with van der Waals surface area (Å²) in [4.78, 5) is 23.1. The first-order valence-electron chi connectivity index (χ1n) is 7.08. The predicted molar refractivity (Wildman–Crippen MR) is 78.8 cm³/mol. The molecule has 128 valence electrons. The van der Waals surface area contributed by atoms with Gasteiger partial charge in [0.1, 0.15) is 5.75 Å². The van der Waals surface area contributed by atoms with Crippen LogP contribution in [-0.2, 0) is 9.59 Å². The van der Waals surface area contributed by atoms with E-state index in [1.807, 2.05) is 13.8 Å². The molecule has 2 N–H and O–H groups in total. The van der Waals surface area contributed by atoms with E-state index >= 15 is 0 Å². The fourth-order valence-corrected chi connectivity index (χ4v) is 1.63. The highest BCUT2D eigenvalue weighted by atomic mass is 19.4. The van der Waals surface area contributed by atoms with Gasteiger partial charge >= 0.3 is 6.36 Å². The SMILES string of the molecule is CC(C)CCC(=O)NCC(=O)Nc1ccc(OC(F)(F)F)cc1. The van der Waals surface area contributed by atoms with Gasteiger partial charge in [0.15, 0.2) is 0 Å². The molecule has 0 heterocycles. The third-order valence-corrected chi connectivity index (χ3v) is 2.77. The van der Waals surface area contributed by atoms with Gasteiger partial charge in [0, 0.05) is 12.1 Å². The molecule has 2 amide bonds. The fraction of sp³-hybridized carbons (Fsp3) is 0.467. The summed E-state index contributed by atoms with van der Waals surface area (Å²) in [5, 5.41) is 4.94. The largest absolute Gasteiger partial charge is 0.573 e. The maximum Gasteiger partial charge on any atom is 0.573 e. The van der Waals surface area contributed by atoms with Crippen LogP contribution in [0.5, 0.6) is 5.75 Å². The Kier molecular flexibility index (Phi) is 6.87. The van der Waals surface area contributed by atoms with Crippen LogP contribution in [-0.4, -0.2) is 24.7 Å². The van der Waals surface area contributed by atoms with Crippen LogP contribution in [0, 0.1) is 5.92 Å². The molecule has 5 nitrogen and oxygen atoms in total. The van der Waals surface area contributed by atoms with Gasteiger partial charge in [-0.05, 0) is 36.6 Å². The van der Waals surface area contributed by atoms with Crippen molar-refractivity contribution in [2.45, 2.75) is 33.1 Å². The molecule has 0 saturated heterocycles. The van der Waals surface area contributed by atoms with Gasteiger partial charge in [0.05, 0.1) is 6.54 Å². The van der Waals surface area contributed by atoms with E-state index in [2.05, 4.69) is 15.4 Å². The molecule has 0 spiro atoms. The van der Waals surface area contributed by atoms with Gasteiger partial charge in [0.25, 0.3) is 0 Å². The normalized spacial score (nSPS) is 11.2. The van der Waals surface area contributed by atoms with E-state index in [0.29, 0.717) is 18.0 Å². The van der Waals surface area contributed by atoms with E-state index in [1.165, 1.54) is 12.1 Å². The minimum atomic E-state index is -4.76. The Bertz CT molecular complexity index is 528. The standard InChI is InChI=1S/C15H19F3N2O3/c1-10(2)3-8-13(21)19-9-14(22)20-11-4-6-12(7-5-11)23-15(16,17)18/h4-7,10H,3,8-9H2,1-2H3,(H,19,21)(H,20,22). The molecule has 23 heavy (non-hydrogen) atoms. The summed E-state index contributed by atoms with van der Waals surface area (Å²) in [6, 6.07) is 4.73. The Balaban J connectivity index is 2.38. The van der Waals surface area contributed by atoms with Gasteiger partial charge < -0.3 is 15.4 Å². The van der Waals surface area contributed by atoms with Crippen LogP contribution in [0.15, 0.2) is 24.3 Å². The Morgan fingerprint density at radius 1 is 1.13 bits per heavy atom. The maximum atomic E-state index is 12.0. The molecular formula is C15H19F3N2O3. The summed E-state index contributed by atoms with van der Waals surface area (Å²) in [5.74, 6) is -0.667. The monoisotopic (exact) mass is 332 g/mol. The van der Waals surface area contributed by atoms with Crippen LogP contribution < -0.4 is 15.4 Å². The first-order chi connectivity index (χ1) is 10.7. The number of carbonyl (C=O) groups excluding carboxylic acids is 2. The molecule has 0 bridgehead atoms. The average molecular weight is 332 g/mol. The lowest BCUT2D eigenvalue weighted by Crippen LogP contribution is -2.32. The Labute approximate surface area is 132 Å². The summed E-state index contributed by atoms with van der Waals surface area (Å²) in [5.41, 5.74) is 0.306. The van der Waals surface area contributed by atoms with E-state index < -0.39 is 12.3 Å². The van der Waals surface area contributed by atoms with E-state index in [0.717, 1.165) is 18.6 Å². The highest BCUT2D eigenvalue weighted by Gasteiger charge is 2.30. The Morgan fingerprint density at radius 3 is 2.26 bits per heavy atom. The predicted octanol–water partition coefficient (Wildman–Crippen LogP) is 3.08. The molecule has 0 aromatic heterocycles. The molecule has 0 aliphatic heterocycles. The number of amides is 2. The smallest absolute Gasteiger partial charge is 0.406 e. The van der Waals surface area contributed by atoms with E-state index in [1.54, 1.807) is 0 Å². The molecule has 1 aromatic carbocycles. The van der Waals surface area contributed by atoms with Crippen molar-refractivity contribution in [3.05, 3.63) is 24.3 Å². The molecule has 1 rings (SSSR count). The molecule has 0 aliphatic rings. The van der Waals surface area contributed by atoms with Crippen molar-refractivity contribution in [2.75, 3.05) is 11.9 Å². The Morgan fingerprint density at radius 2 is 1.74 bits per heavy atom. The lowest BCUT2D eigenvalue weighted by Gasteiger charge is -2.10. The van der Waals surface area contributed by atoms with Crippen molar-refractivity contribution < 1.29 is 27.5 Å². The lowest BCUT2D eigenvalue weighted by atomic mass is 10.1. The zero-order valence-corrected chi connectivity index (χ0v) is 12.9. The topological polar surface area (TPSA) is 67.4 Å². The highest BCUT2D eigenvalue weighted by Crippen LogP contribution is 2.23. The van der Waals surface area contributed by atoms with Gasteiger partial charge in [-0.2, -0.15) is 0 Å². The molecule has 0 aliphatic carbocycles. The zero-order chi connectivity index (χ0) is 17.5. The second-order valence-corrected chi connectivity index (χ2v) is 5.33. The van der Waals surface area contributed by atoms with Gasteiger partial charge in [-0.15, -0.1) is 13.2 Å². The number of anilines is 1.